The Balaban J connectivity index is 0.889. The molecule has 7 heteroatoms. The van der Waals surface area contributed by atoms with E-state index in [1.54, 1.807) is 0 Å². The van der Waals surface area contributed by atoms with Gasteiger partial charge < -0.3 is 0 Å². The molecule has 0 bridgehead atoms. The van der Waals surface area contributed by atoms with E-state index in [-0.39, 0.29) is 0 Å². The summed E-state index contributed by atoms with van der Waals surface area (Å²) in [7, 11) is 0. The molecular formula is C60H36N4OPtS-2. The van der Waals surface area contributed by atoms with Crippen LogP contribution < -0.4 is 4.74 Å². The summed E-state index contributed by atoms with van der Waals surface area (Å²) >= 11 is 4.30. The first-order valence-corrected chi connectivity index (χ1v) is 24.1. The third kappa shape index (κ3) is 6.71. The van der Waals surface area contributed by atoms with E-state index in [2.05, 4.69) is 239 Å². The van der Waals surface area contributed by atoms with Gasteiger partial charge in [-0.15, -0.1) is 11.3 Å². The Morgan fingerprint density at radius 2 is 1.06 bits per heavy atom. The number of fused-ring (bicyclic) bond motifs is 7. The van der Waals surface area contributed by atoms with Crippen molar-refractivity contribution in [3.8, 4) is 62.1 Å². The molecule has 320 valence electrons. The molecule has 9 aromatic carbocycles. The normalized spacial score (nSPS) is 11.7. The number of imidazole rings is 1. The first-order chi connectivity index (χ1) is 33.1. The number of hydrogen-bond donors (Lipinski definition) is 0. The quantitative estimate of drug-likeness (QED) is 0.142. The molecule has 4 heterocycles. The van der Waals surface area contributed by atoms with E-state index in [1.807, 2.05) is 35.7 Å². The van der Waals surface area contributed by atoms with E-state index in [0.717, 1.165) is 87.2 Å². The summed E-state index contributed by atoms with van der Waals surface area (Å²) in [6.07, 6.45) is 1.98. The fourth-order valence-electron chi connectivity index (χ4n) is 9.55. The summed E-state index contributed by atoms with van der Waals surface area (Å²) in [5.41, 5.74) is 12.9. The zero-order valence-electron chi connectivity index (χ0n) is 35.7. The summed E-state index contributed by atoms with van der Waals surface area (Å²) in [4.78, 5) is 5.08. The van der Waals surface area contributed by atoms with E-state index >= 15 is 0 Å². The van der Waals surface area contributed by atoms with Gasteiger partial charge in [0.2, 0.25) is 0 Å². The van der Waals surface area contributed by atoms with E-state index < -0.39 is 0 Å². The number of para-hydroxylation sites is 4. The van der Waals surface area contributed by atoms with Crippen molar-refractivity contribution in [3.05, 3.63) is 234 Å². The summed E-state index contributed by atoms with van der Waals surface area (Å²) < 4.78 is 17.1. The van der Waals surface area contributed by atoms with Crippen molar-refractivity contribution in [1.29, 1.82) is 0 Å². The Hall–Kier alpha value is -7.89. The average Bonchev–Trinajstić information content (AvgIpc) is 4.03. The SMILES string of the molecule is [Pt]=[c]1n(-c2[c-]c(Oc3[c-]c4c(cc3)c3ccccc3n4-c3ccc(-c4ccc5sc6ccccc6c5c4)cn3)ccc2)c2ccccc2n1-c1c(-c2ccccc2)cccc1-c1ccccc1. The van der Waals surface area contributed by atoms with Crippen LogP contribution in [0.15, 0.2) is 219 Å². The zero-order chi connectivity index (χ0) is 44.4. The van der Waals surface area contributed by atoms with Crippen molar-refractivity contribution in [2.45, 2.75) is 0 Å². The van der Waals surface area contributed by atoms with Crippen molar-refractivity contribution in [2.24, 2.45) is 0 Å². The van der Waals surface area contributed by atoms with Gasteiger partial charge in [-0.2, -0.15) is 0 Å². The standard InChI is InChI=1S/C60H36N4OS.Pt/c1-3-15-40(16-4-1)47-23-14-24-48(41-17-5-2-6-18-41)60(47)63-39-62(54-26-10-11-27-55(54)63)44-19-13-20-45(36-44)65-46-31-32-50-49-21-7-9-25-53(49)64(56(50)37-46)59-34-30-43(38-61-59)42-29-33-58-52(35-42)51-22-8-12-28-57(51)66-58;/h1-35,38H;/q-2;. The van der Waals surface area contributed by atoms with Gasteiger partial charge in [0.25, 0.3) is 0 Å². The number of benzene rings is 9. The fraction of sp³-hybridized carbons (Fsp3) is 0. The molecule has 13 rings (SSSR count). The molecule has 5 nitrogen and oxygen atoms in total. The monoisotopic (exact) mass is 1060 g/mol. The Bertz CT molecular complexity index is 4030. The van der Waals surface area contributed by atoms with Gasteiger partial charge in [-0.3, -0.25) is 0 Å². The molecule has 0 amide bonds. The van der Waals surface area contributed by atoms with Crippen LogP contribution in [-0.4, -0.2) is 18.7 Å². The van der Waals surface area contributed by atoms with Crippen LogP contribution in [0.4, 0.5) is 0 Å². The van der Waals surface area contributed by atoms with Gasteiger partial charge in [0, 0.05) is 31.9 Å². The minimum atomic E-state index is 0.587. The second-order valence-electron chi connectivity index (χ2n) is 16.5. The molecule has 0 radical (unpaired) electrons. The molecule has 0 unspecified atom stereocenters. The number of aromatic nitrogens is 4. The van der Waals surface area contributed by atoms with E-state index in [0.29, 0.717) is 11.5 Å². The summed E-state index contributed by atoms with van der Waals surface area (Å²) in [5, 5.41) is 4.76. The molecule has 0 aliphatic rings. The van der Waals surface area contributed by atoms with Crippen LogP contribution in [0.2, 0.25) is 0 Å². The molecule has 0 aliphatic carbocycles. The Kier molecular flexibility index (Phi) is 9.55. The molecule has 0 aliphatic heterocycles. The molecule has 0 fully saturated rings. The second kappa shape index (κ2) is 16.2. The predicted octanol–water partition coefficient (Wildman–Crippen LogP) is 15.8. The van der Waals surface area contributed by atoms with Gasteiger partial charge in [0.1, 0.15) is 0 Å². The first kappa shape index (κ1) is 39.5. The molecule has 67 heavy (non-hydrogen) atoms. The summed E-state index contributed by atoms with van der Waals surface area (Å²) in [6.45, 7) is 0. The van der Waals surface area contributed by atoms with Crippen molar-refractivity contribution in [2.75, 3.05) is 0 Å². The third-order valence-electron chi connectivity index (χ3n) is 12.6. The van der Waals surface area contributed by atoms with Crippen LogP contribution >= 0.6 is 11.3 Å². The Morgan fingerprint density at radius 1 is 0.433 bits per heavy atom. The average molecular weight is 1060 g/mol. The van der Waals surface area contributed by atoms with Gasteiger partial charge in [0.05, 0.1) is 0 Å². The van der Waals surface area contributed by atoms with Crippen LogP contribution in [0.3, 0.4) is 0 Å². The number of rotatable bonds is 8. The van der Waals surface area contributed by atoms with Crippen LogP contribution in [0.25, 0.3) is 104 Å². The van der Waals surface area contributed by atoms with Gasteiger partial charge in [-0.1, -0.05) is 36.4 Å². The molecule has 0 atom stereocenters. The predicted molar refractivity (Wildman–Crippen MR) is 271 cm³/mol. The van der Waals surface area contributed by atoms with Crippen LogP contribution in [0, 0.1) is 15.9 Å². The number of nitrogens with zero attached hydrogens (tertiary/aromatic N) is 4. The minimum absolute atomic E-state index is 0.587. The number of thiophene rings is 1. The zero-order valence-corrected chi connectivity index (χ0v) is 38.8. The molecule has 0 saturated carbocycles. The fourth-order valence-corrected chi connectivity index (χ4v) is 11.7. The van der Waals surface area contributed by atoms with E-state index in [9.17, 15) is 0 Å². The van der Waals surface area contributed by atoms with Crippen LogP contribution in [0.5, 0.6) is 11.5 Å². The third-order valence-corrected chi connectivity index (χ3v) is 14.8. The molecule has 13 aromatic rings. The number of hydrogen-bond acceptors (Lipinski definition) is 3. The number of ether oxygens (including phenoxy) is 1. The second-order valence-corrected chi connectivity index (χ2v) is 18.6. The first-order valence-electron chi connectivity index (χ1n) is 22.1. The van der Waals surface area contributed by atoms with Crippen LogP contribution in [-0.2, 0) is 19.4 Å². The topological polar surface area (TPSA) is 36.9 Å². The van der Waals surface area contributed by atoms with Gasteiger partial charge in [-0.05, 0) is 29.8 Å². The summed E-state index contributed by atoms with van der Waals surface area (Å²) in [5.74, 6) is 1.98. The summed E-state index contributed by atoms with van der Waals surface area (Å²) in [6, 6.07) is 82.0. The van der Waals surface area contributed by atoms with Gasteiger partial charge in [0.15, 0.2) is 0 Å². The molecule has 0 saturated heterocycles. The van der Waals surface area contributed by atoms with Crippen LogP contribution in [0.1, 0.15) is 0 Å². The van der Waals surface area contributed by atoms with Crippen molar-refractivity contribution in [3.63, 3.8) is 0 Å². The molecule has 4 aromatic heterocycles. The van der Waals surface area contributed by atoms with Crippen molar-refractivity contribution in [1.82, 2.24) is 18.7 Å². The van der Waals surface area contributed by atoms with Gasteiger partial charge >= 0.3 is 294 Å². The van der Waals surface area contributed by atoms with E-state index in [4.69, 9.17) is 9.72 Å². The number of pyridine rings is 1. The molecule has 0 N–H and O–H groups in total. The van der Waals surface area contributed by atoms with Crippen molar-refractivity contribution >= 4 is 64.3 Å². The Labute approximate surface area is 401 Å². The maximum absolute atomic E-state index is 6.70. The van der Waals surface area contributed by atoms with E-state index in [1.165, 1.54) is 20.2 Å². The molecule has 0 spiro atoms. The Morgan fingerprint density at radius 3 is 1.81 bits per heavy atom. The maximum atomic E-state index is 6.70. The van der Waals surface area contributed by atoms with Crippen molar-refractivity contribution < 1.29 is 24.1 Å². The van der Waals surface area contributed by atoms with Gasteiger partial charge in [-0.25, -0.2) is 0 Å². The molecular weight excluding hydrogens is 1020 g/mol.